The first-order valence-electron chi connectivity index (χ1n) is 4.70. The Hall–Kier alpha value is -1.27. The number of nitrogens with zero attached hydrogens (tertiary/aromatic N) is 1. The molecule has 0 amide bonds. The molecule has 0 aromatic heterocycles. The minimum absolute atomic E-state index is 0.111. The van der Waals surface area contributed by atoms with Gasteiger partial charge in [-0.1, -0.05) is 18.2 Å². The van der Waals surface area contributed by atoms with Crippen LogP contribution in [0.1, 0.15) is 17.5 Å². The summed E-state index contributed by atoms with van der Waals surface area (Å²) in [5.74, 6) is 0.478. The van der Waals surface area contributed by atoms with Crippen LogP contribution in [0.25, 0.3) is 6.08 Å². The maximum absolute atomic E-state index is 13.2. The van der Waals surface area contributed by atoms with Crippen molar-refractivity contribution >= 4 is 18.7 Å². The molecular weight excluding hydrogens is 209 g/mol. The van der Waals surface area contributed by atoms with Gasteiger partial charge in [0, 0.05) is 5.56 Å². The molecule has 1 aromatic carbocycles. The molecule has 0 aliphatic rings. The highest BCUT2D eigenvalue weighted by Gasteiger charge is 2.01. The van der Waals surface area contributed by atoms with E-state index in [9.17, 15) is 4.39 Å². The predicted octanol–water partition coefficient (Wildman–Crippen LogP) is 3.22. The van der Waals surface area contributed by atoms with E-state index in [-0.39, 0.29) is 12.2 Å². The van der Waals surface area contributed by atoms with E-state index in [0.29, 0.717) is 5.56 Å². The van der Waals surface area contributed by atoms with Gasteiger partial charge < -0.3 is 0 Å². The summed E-state index contributed by atoms with van der Waals surface area (Å²) in [6.07, 6.45) is 4.89. The first kappa shape index (κ1) is 11.8. The molecule has 0 atom stereocenters. The molecule has 0 unspecified atom stereocenters. The minimum atomic E-state index is -0.317. The zero-order valence-corrected chi connectivity index (χ0v) is 9.17. The van der Waals surface area contributed by atoms with Gasteiger partial charge >= 0.3 is 0 Å². The van der Waals surface area contributed by atoms with Crippen LogP contribution in [0.2, 0.25) is 0 Å². The van der Waals surface area contributed by atoms with Gasteiger partial charge in [0.25, 0.3) is 0 Å². The monoisotopic (exact) mass is 221 g/mol. The van der Waals surface area contributed by atoms with E-state index in [2.05, 4.69) is 12.6 Å². The van der Waals surface area contributed by atoms with Crippen LogP contribution in [-0.2, 0) is 6.42 Å². The van der Waals surface area contributed by atoms with Crippen molar-refractivity contribution in [3.8, 4) is 6.07 Å². The summed E-state index contributed by atoms with van der Waals surface area (Å²) in [5.41, 5.74) is 1.37. The van der Waals surface area contributed by atoms with Crippen LogP contribution in [0, 0.1) is 17.1 Å². The molecule has 0 radical (unpaired) electrons. The number of thiol groups is 1. The van der Waals surface area contributed by atoms with Gasteiger partial charge in [0.2, 0.25) is 0 Å². The molecule has 0 saturated heterocycles. The van der Waals surface area contributed by atoms with Crippen molar-refractivity contribution in [2.24, 2.45) is 0 Å². The Bertz CT molecular complexity index is 393. The fourth-order valence-corrected chi connectivity index (χ4v) is 1.36. The molecule has 0 N–H and O–H groups in total. The Kier molecular flexibility index (Phi) is 4.92. The molecule has 3 heteroatoms. The second-order valence-electron chi connectivity index (χ2n) is 3.10. The van der Waals surface area contributed by atoms with Crippen LogP contribution in [0.15, 0.2) is 24.3 Å². The van der Waals surface area contributed by atoms with E-state index in [1.807, 2.05) is 18.2 Å². The second-order valence-corrected chi connectivity index (χ2v) is 3.55. The quantitative estimate of drug-likeness (QED) is 0.775. The van der Waals surface area contributed by atoms with Crippen molar-refractivity contribution < 1.29 is 4.39 Å². The maximum Gasteiger partial charge on any atom is 0.127 e. The van der Waals surface area contributed by atoms with Gasteiger partial charge in [0.15, 0.2) is 0 Å². The molecule has 0 spiro atoms. The van der Waals surface area contributed by atoms with E-state index in [1.165, 1.54) is 6.07 Å². The number of hydrogen-bond donors (Lipinski definition) is 1. The van der Waals surface area contributed by atoms with E-state index < -0.39 is 0 Å². The lowest BCUT2D eigenvalue weighted by Gasteiger charge is -1.99. The van der Waals surface area contributed by atoms with Gasteiger partial charge in [-0.3, -0.25) is 0 Å². The Morgan fingerprint density at radius 2 is 2.27 bits per heavy atom. The molecule has 78 valence electrons. The van der Waals surface area contributed by atoms with Crippen molar-refractivity contribution in [1.29, 1.82) is 5.26 Å². The molecule has 0 fully saturated rings. The summed E-state index contributed by atoms with van der Waals surface area (Å²) in [7, 11) is 0. The number of benzene rings is 1. The average molecular weight is 221 g/mol. The van der Waals surface area contributed by atoms with Crippen molar-refractivity contribution in [1.82, 2.24) is 0 Å². The van der Waals surface area contributed by atoms with Crippen LogP contribution in [-0.4, -0.2) is 5.75 Å². The lowest BCUT2D eigenvalue weighted by atomic mass is 10.1. The molecule has 1 rings (SSSR count). The van der Waals surface area contributed by atoms with Gasteiger partial charge in [0.05, 0.1) is 12.5 Å². The SMILES string of the molecule is N#CCc1cc(C=CCCS)ccc1F. The number of hydrogen-bond acceptors (Lipinski definition) is 2. The van der Waals surface area contributed by atoms with E-state index in [4.69, 9.17) is 5.26 Å². The lowest BCUT2D eigenvalue weighted by molar-refractivity contribution is 0.615. The molecule has 0 aliphatic heterocycles. The zero-order valence-electron chi connectivity index (χ0n) is 8.28. The summed E-state index contributed by atoms with van der Waals surface area (Å²) < 4.78 is 13.2. The van der Waals surface area contributed by atoms with Gasteiger partial charge in [0.1, 0.15) is 5.82 Å². The third-order valence-corrected chi connectivity index (χ3v) is 2.20. The average Bonchev–Trinajstić information content (AvgIpc) is 2.23. The molecule has 1 nitrogen and oxygen atoms in total. The van der Waals surface area contributed by atoms with Crippen LogP contribution >= 0.6 is 12.6 Å². The highest BCUT2D eigenvalue weighted by atomic mass is 32.1. The topological polar surface area (TPSA) is 23.8 Å². The Morgan fingerprint density at radius 3 is 2.93 bits per heavy atom. The molecule has 1 aromatic rings. The molecule has 0 aliphatic carbocycles. The Balaban J connectivity index is 2.83. The second kappa shape index (κ2) is 6.26. The summed E-state index contributed by atoms with van der Waals surface area (Å²) in [5, 5.41) is 8.50. The first-order chi connectivity index (χ1) is 7.27. The van der Waals surface area contributed by atoms with E-state index in [1.54, 1.807) is 12.1 Å². The molecule has 0 saturated carbocycles. The first-order valence-corrected chi connectivity index (χ1v) is 5.34. The highest BCUT2D eigenvalue weighted by Crippen LogP contribution is 2.12. The van der Waals surface area contributed by atoms with E-state index in [0.717, 1.165) is 17.7 Å². The number of allylic oxidation sites excluding steroid dienone is 1. The summed E-state index contributed by atoms with van der Waals surface area (Å²) in [6.45, 7) is 0. The standard InChI is InChI=1S/C12H12FNS/c13-12-5-4-10(3-1-2-8-15)9-11(12)6-7-14/h1,3-5,9,15H,2,6,8H2. The maximum atomic E-state index is 13.2. The fourth-order valence-electron chi connectivity index (χ4n) is 1.21. The highest BCUT2D eigenvalue weighted by molar-refractivity contribution is 7.80. The molecular formula is C12H12FNS. The Labute approximate surface area is 94.6 Å². The summed E-state index contributed by atoms with van der Waals surface area (Å²) in [4.78, 5) is 0. The van der Waals surface area contributed by atoms with Crippen LogP contribution < -0.4 is 0 Å². The Morgan fingerprint density at radius 1 is 1.47 bits per heavy atom. The lowest BCUT2D eigenvalue weighted by Crippen LogP contribution is -1.89. The molecule has 15 heavy (non-hydrogen) atoms. The van der Waals surface area contributed by atoms with Crippen molar-refractivity contribution in [2.75, 3.05) is 5.75 Å². The number of nitriles is 1. The van der Waals surface area contributed by atoms with Crippen molar-refractivity contribution in [3.63, 3.8) is 0 Å². The summed E-state index contributed by atoms with van der Waals surface area (Å²) in [6, 6.07) is 6.74. The van der Waals surface area contributed by atoms with Crippen molar-refractivity contribution in [3.05, 3.63) is 41.2 Å². The molecule has 0 heterocycles. The largest absolute Gasteiger partial charge is 0.207 e. The zero-order chi connectivity index (χ0) is 11.1. The predicted molar refractivity (Wildman–Crippen MR) is 63.2 cm³/mol. The normalized spacial score (nSPS) is 10.5. The van der Waals surface area contributed by atoms with Gasteiger partial charge in [-0.05, 0) is 29.9 Å². The fraction of sp³-hybridized carbons (Fsp3) is 0.250. The van der Waals surface area contributed by atoms with Crippen LogP contribution in [0.4, 0.5) is 4.39 Å². The smallest absolute Gasteiger partial charge is 0.127 e. The van der Waals surface area contributed by atoms with E-state index >= 15 is 0 Å². The number of halogens is 1. The third-order valence-electron chi connectivity index (χ3n) is 1.95. The summed E-state index contributed by atoms with van der Waals surface area (Å²) >= 11 is 4.08. The van der Waals surface area contributed by atoms with Gasteiger partial charge in [-0.25, -0.2) is 4.39 Å². The number of rotatable bonds is 4. The van der Waals surface area contributed by atoms with Gasteiger partial charge in [-0.15, -0.1) is 0 Å². The van der Waals surface area contributed by atoms with Crippen molar-refractivity contribution in [2.45, 2.75) is 12.8 Å². The molecule has 0 bridgehead atoms. The third kappa shape index (κ3) is 3.77. The minimum Gasteiger partial charge on any atom is -0.207 e. The van der Waals surface area contributed by atoms with Gasteiger partial charge in [-0.2, -0.15) is 17.9 Å². The van der Waals surface area contributed by atoms with Crippen LogP contribution in [0.5, 0.6) is 0 Å². The van der Waals surface area contributed by atoms with Crippen LogP contribution in [0.3, 0.4) is 0 Å².